The van der Waals surface area contributed by atoms with Crippen LogP contribution in [0.1, 0.15) is 19.4 Å². The number of rotatable bonds is 5. The van der Waals surface area contributed by atoms with Crippen molar-refractivity contribution in [1.29, 1.82) is 0 Å². The fraction of sp³-hybridized carbons (Fsp3) is 0.250. The lowest BCUT2D eigenvalue weighted by atomic mass is 9.93. The number of carbonyl (C=O) groups is 2. The van der Waals surface area contributed by atoms with Crippen molar-refractivity contribution in [2.45, 2.75) is 13.8 Å². The largest absolute Gasteiger partial charge is 0.490 e. The van der Waals surface area contributed by atoms with Crippen LogP contribution in [0.2, 0.25) is 0 Å². The van der Waals surface area contributed by atoms with Crippen LogP contribution in [0.3, 0.4) is 0 Å². The summed E-state index contributed by atoms with van der Waals surface area (Å²) in [5.41, 5.74) is 1.39. The number of amides is 2. The third-order valence-corrected chi connectivity index (χ3v) is 5.07. The van der Waals surface area contributed by atoms with Crippen molar-refractivity contribution < 1.29 is 23.8 Å². The van der Waals surface area contributed by atoms with Gasteiger partial charge in [0, 0.05) is 24.4 Å². The molecule has 0 unspecified atom stereocenters. The third kappa shape index (κ3) is 4.26. The fourth-order valence-electron chi connectivity index (χ4n) is 3.41. The second-order valence-corrected chi connectivity index (χ2v) is 7.99. The molecule has 0 spiro atoms. The van der Waals surface area contributed by atoms with E-state index in [0.29, 0.717) is 35.2 Å². The first kappa shape index (κ1) is 20.5. The van der Waals surface area contributed by atoms with E-state index >= 15 is 0 Å². The summed E-state index contributed by atoms with van der Waals surface area (Å²) < 4.78 is 16.5. The molecule has 0 fully saturated rings. The van der Waals surface area contributed by atoms with E-state index in [4.69, 9.17) is 14.2 Å². The lowest BCUT2D eigenvalue weighted by molar-refractivity contribution is -0.127. The van der Waals surface area contributed by atoms with E-state index in [1.807, 2.05) is 32.0 Å². The highest BCUT2D eigenvalue weighted by atomic mass is 16.7. The zero-order chi connectivity index (χ0) is 22.0. The number of hydrogen-bond acceptors (Lipinski definition) is 5. The molecule has 7 nitrogen and oxygen atoms in total. The van der Waals surface area contributed by atoms with Crippen LogP contribution in [-0.4, -0.2) is 31.8 Å². The molecule has 2 heterocycles. The third-order valence-electron chi connectivity index (χ3n) is 5.07. The predicted molar refractivity (Wildman–Crippen MR) is 118 cm³/mol. The maximum atomic E-state index is 12.9. The molecular weight excluding hydrogens is 396 g/mol. The number of benzene rings is 2. The number of fused-ring (bicyclic) bond motifs is 2. The van der Waals surface area contributed by atoms with Gasteiger partial charge >= 0.3 is 0 Å². The Labute approximate surface area is 180 Å². The van der Waals surface area contributed by atoms with Gasteiger partial charge in [0.25, 0.3) is 0 Å². The van der Waals surface area contributed by atoms with E-state index < -0.39 is 5.41 Å². The minimum Gasteiger partial charge on any atom is -0.490 e. The molecule has 2 aliphatic heterocycles. The van der Waals surface area contributed by atoms with Crippen LogP contribution in [0.4, 0.5) is 11.4 Å². The van der Waals surface area contributed by atoms with Crippen molar-refractivity contribution in [3.05, 3.63) is 60.7 Å². The monoisotopic (exact) mass is 420 g/mol. The van der Waals surface area contributed by atoms with E-state index in [0.717, 1.165) is 5.56 Å². The molecule has 4 rings (SSSR count). The van der Waals surface area contributed by atoms with Crippen molar-refractivity contribution in [3.8, 4) is 17.2 Å². The van der Waals surface area contributed by atoms with Crippen LogP contribution < -0.4 is 24.4 Å². The average molecular weight is 420 g/mol. The Bertz CT molecular complexity index is 1070. The molecule has 0 atom stereocenters. The molecule has 0 radical (unpaired) electrons. The van der Waals surface area contributed by atoms with Gasteiger partial charge in [0.15, 0.2) is 11.5 Å². The summed E-state index contributed by atoms with van der Waals surface area (Å²) in [4.78, 5) is 26.9. The summed E-state index contributed by atoms with van der Waals surface area (Å²) in [5, 5.41) is 2.83. The Morgan fingerprint density at radius 1 is 1.13 bits per heavy atom. The molecule has 2 aliphatic rings. The molecule has 0 aromatic heterocycles. The number of hydrogen-bond donors (Lipinski definition) is 1. The van der Waals surface area contributed by atoms with Crippen LogP contribution in [0.5, 0.6) is 17.2 Å². The molecule has 2 amide bonds. The van der Waals surface area contributed by atoms with Crippen LogP contribution >= 0.6 is 0 Å². The molecule has 0 bridgehead atoms. The van der Waals surface area contributed by atoms with Gasteiger partial charge in [-0.3, -0.25) is 9.59 Å². The molecule has 160 valence electrons. The Balaban J connectivity index is 1.50. The Morgan fingerprint density at radius 3 is 2.74 bits per heavy atom. The Morgan fingerprint density at radius 2 is 1.94 bits per heavy atom. The zero-order valence-corrected chi connectivity index (χ0v) is 17.5. The van der Waals surface area contributed by atoms with Crippen molar-refractivity contribution in [3.63, 3.8) is 0 Å². The highest BCUT2D eigenvalue weighted by Gasteiger charge is 2.37. The molecule has 1 N–H and O–H groups in total. The van der Waals surface area contributed by atoms with E-state index in [-0.39, 0.29) is 25.2 Å². The maximum Gasteiger partial charge on any atom is 0.248 e. The van der Waals surface area contributed by atoms with E-state index in [9.17, 15) is 9.59 Å². The van der Waals surface area contributed by atoms with Crippen LogP contribution in [0, 0.1) is 5.41 Å². The quantitative estimate of drug-likeness (QED) is 0.584. The van der Waals surface area contributed by atoms with Gasteiger partial charge in [-0.25, -0.2) is 0 Å². The fourth-order valence-corrected chi connectivity index (χ4v) is 3.41. The smallest absolute Gasteiger partial charge is 0.248 e. The average Bonchev–Trinajstić information content (AvgIpc) is 3.19. The van der Waals surface area contributed by atoms with Gasteiger partial charge in [-0.2, -0.15) is 0 Å². The number of nitrogens with one attached hydrogen (secondary N) is 1. The predicted octanol–water partition coefficient (Wildman–Crippen LogP) is 4.00. The molecule has 0 saturated heterocycles. The van der Waals surface area contributed by atoms with Crippen molar-refractivity contribution in [2.75, 3.05) is 30.2 Å². The van der Waals surface area contributed by atoms with Gasteiger partial charge in [0.1, 0.15) is 12.4 Å². The van der Waals surface area contributed by atoms with E-state index in [1.54, 1.807) is 35.3 Å². The topological polar surface area (TPSA) is 77.1 Å². The van der Waals surface area contributed by atoms with Crippen molar-refractivity contribution in [1.82, 2.24) is 0 Å². The summed E-state index contributed by atoms with van der Waals surface area (Å²) in [5.74, 6) is 1.57. The van der Waals surface area contributed by atoms with Gasteiger partial charge in [-0.05, 0) is 49.8 Å². The molecule has 31 heavy (non-hydrogen) atoms. The van der Waals surface area contributed by atoms with Crippen molar-refractivity contribution >= 4 is 29.3 Å². The number of anilines is 2. The second-order valence-electron chi connectivity index (χ2n) is 7.99. The first-order chi connectivity index (χ1) is 14.9. The number of ether oxygens (including phenoxy) is 3. The Kier molecular flexibility index (Phi) is 5.42. The first-order valence-corrected chi connectivity index (χ1v) is 9.96. The van der Waals surface area contributed by atoms with Crippen LogP contribution in [-0.2, 0) is 9.59 Å². The van der Waals surface area contributed by atoms with Gasteiger partial charge in [-0.1, -0.05) is 12.1 Å². The summed E-state index contributed by atoms with van der Waals surface area (Å²) in [6.45, 7) is 8.27. The lowest BCUT2D eigenvalue weighted by Crippen LogP contribution is -2.42. The molecule has 2 aromatic rings. The van der Waals surface area contributed by atoms with E-state index in [2.05, 4.69) is 11.9 Å². The van der Waals surface area contributed by atoms with Gasteiger partial charge in [0.2, 0.25) is 18.6 Å². The lowest BCUT2D eigenvalue weighted by Gasteiger charge is -2.27. The van der Waals surface area contributed by atoms with Gasteiger partial charge in [-0.15, -0.1) is 6.58 Å². The highest BCUT2D eigenvalue weighted by Crippen LogP contribution is 2.38. The molecule has 0 saturated carbocycles. The minimum absolute atomic E-state index is 0.0328. The normalized spacial score (nSPS) is 16.5. The summed E-state index contributed by atoms with van der Waals surface area (Å²) >= 11 is 0. The highest BCUT2D eigenvalue weighted by molar-refractivity contribution is 6.03. The SMILES string of the molecule is C=CCN1C(=O)C(C)(C)COc2cc(NC(=O)/C=C/c3ccc4c(c3)OCO4)ccc21. The van der Waals surface area contributed by atoms with Gasteiger partial charge < -0.3 is 24.4 Å². The maximum absolute atomic E-state index is 12.9. The van der Waals surface area contributed by atoms with E-state index in [1.165, 1.54) is 6.08 Å². The van der Waals surface area contributed by atoms with Gasteiger partial charge in [0.05, 0.1) is 11.1 Å². The standard InChI is InChI=1S/C24H24N2O5/c1-4-11-26-18-8-7-17(13-20(18)29-14-24(2,3)23(26)28)25-22(27)10-6-16-5-9-19-21(12-16)31-15-30-19/h4-10,12-13H,1,11,14-15H2,2-3H3,(H,25,27)/b10-6+. The van der Waals surface area contributed by atoms with Crippen LogP contribution in [0.25, 0.3) is 6.08 Å². The number of carbonyl (C=O) groups excluding carboxylic acids is 2. The molecule has 2 aromatic carbocycles. The molecule has 7 heteroatoms. The molecular formula is C24H24N2O5. The summed E-state index contributed by atoms with van der Waals surface area (Å²) in [6.07, 6.45) is 4.82. The zero-order valence-electron chi connectivity index (χ0n) is 17.5. The van der Waals surface area contributed by atoms with Crippen molar-refractivity contribution in [2.24, 2.45) is 5.41 Å². The summed E-state index contributed by atoms with van der Waals surface area (Å²) in [7, 11) is 0. The second kappa shape index (κ2) is 8.18. The molecule has 0 aliphatic carbocycles. The Hall–Kier alpha value is -3.74. The minimum atomic E-state index is -0.668. The first-order valence-electron chi connectivity index (χ1n) is 9.96. The summed E-state index contributed by atoms with van der Waals surface area (Å²) in [6, 6.07) is 10.7. The van der Waals surface area contributed by atoms with Crippen LogP contribution in [0.15, 0.2) is 55.1 Å². The number of nitrogens with zero attached hydrogens (tertiary/aromatic N) is 1.